The van der Waals surface area contributed by atoms with Crippen molar-refractivity contribution in [1.82, 2.24) is 4.98 Å². The lowest BCUT2D eigenvalue weighted by Gasteiger charge is -2.26. The number of esters is 1. The molecule has 1 saturated heterocycles. The zero-order valence-electron chi connectivity index (χ0n) is 15.5. The Morgan fingerprint density at radius 2 is 1.86 bits per heavy atom. The SMILES string of the molecule is Cc1cc(C(=O)Oc2ccncc2)ccc1N1C(=O)CSC1c1ccc(F)cc1. The summed E-state index contributed by atoms with van der Waals surface area (Å²) in [5, 5.41) is -0.239. The summed E-state index contributed by atoms with van der Waals surface area (Å²) in [4.78, 5) is 30.6. The summed E-state index contributed by atoms with van der Waals surface area (Å²) in [6.07, 6.45) is 3.09. The van der Waals surface area contributed by atoms with Crippen molar-refractivity contribution in [2.45, 2.75) is 12.3 Å². The van der Waals surface area contributed by atoms with Crippen LogP contribution in [-0.2, 0) is 4.79 Å². The van der Waals surface area contributed by atoms with Gasteiger partial charge in [-0.25, -0.2) is 9.18 Å². The smallest absolute Gasteiger partial charge is 0.343 e. The monoisotopic (exact) mass is 408 g/mol. The van der Waals surface area contributed by atoms with Crippen LogP contribution in [0.1, 0.15) is 26.9 Å². The third kappa shape index (κ3) is 4.00. The Balaban J connectivity index is 1.60. The summed E-state index contributed by atoms with van der Waals surface area (Å²) in [6.45, 7) is 1.84. The average molecular weight is 408 g/mol. The highest BCUT2D eigenvalue weighted by Gasteiger charge is 2.35. The van der Waals surface area contributed by atoms with E-state index >= 15 is 0 Å². The van der Waals surface area contributed by atoms with Crippen molar-refractivity contribution in [2.24, 2.45) is 0 Å². The van der Waals surface area contributed by atoms with Gasteiger partial charge in [-0.2, -0.15) is 0 Å². The van der Waals surface area contributed by atoms with Gasteiger partial charge in [-0.05, 0) is 60.5 Å². The van der Waals surface area contributed by atoms with Gasteiger partial charge in [0.05, 0.1) is 11.3 Å². The van der Waals surface area contributed by atoms with Crippen molar-refractivity contribution in [2.75, 3.05) is 10.7 Å². The molecule has 0 saturated carbocycles. The van der Waals surface area contributed by atoms with E-state index in [0.717, 1.165) is 16.8 Å². The van der Waals surface area contributed by atoms with Crippen LogP contribution in [0.15, 0.2) is 67.0 Å². The van der Waals surface area contributed by atoms with Gasteiger partial charge in [0.25, 0.3) is 0 Å². The zero-order valence-corrected chi connectivity index (χ0v) is 16.4. The van der Waals surface area contributed by atoms with Crippen LogP contribution in [0.2, 0.25) is 0 Å². The van der Waals surface area contributed by atoms with Gasteiger partial charge >= 0.3 is 5.97 Å². The van der Waals surface area contributed by atoms with Crippen LogP contribution in [-0.4, -0.2) is 22.6 Å². The maximum absolute atomic E-state index is 13.3. The second-order valence-corrected chi connectivity index (χ2v) is 7.62. The number of halogens is 1. The fourth-order valence-corrected chi connectivity index (χ4v) is 4.35. The molecular formula is C22H17FN2O3S. The zero-order chi connectivity index (χ0) is 20.4. The number of benzene rings is 2. The molecule has 0 aliphatic carbocycles. The highest BCUT2D eigenvalue weighted by molar-refractivity contribution is 8.00. The normalized spacial score (nSPS) is 16.1. The number of ether oxygens (including phenoxy) is 1. The predicted molar refractivity (Wildman–Crippen MR) is 109 cm³/mol. The number of hydrogen-bond acceptors (Lipinski definition) is 5. The summed E-state index contributed by atoms with van der Waals surface area (Å²) in [6, 6.07) is 14.5. The molecule has 1 atom stereocenters. The summed E-state index contributed by atoms with van der Waals surface area (Å²) >= 11 is 1.49. The van der Waals surface area contributed by atoms with Crippen molar-refractivity contribution >= 4 is 29.3 Å². The second-order valence-electron chi connectivity index (χ2n) is 6.55. The van der Waals surface area contributed by atoms with Crippen LogP contribution in [0, 0.1) is 12.7 Å². The quantitative estimate of drug-likeness (QED) is 0.594. The molecule has 0 spiro atoms. The van der Waals surface area contributed by atoms with Crippen LogP contribution in [0.4, 0.5) is 10.1 Å². The molecule has 1 amide bonds. The summed E-state index contributed by atoms with van der Waals surface area (Å²) < 4.78 is 18.6. The molecule has 1 unspecified atom stereocenters. The van der Waals surface area contributed by atoms with Gasteiger partial charge in [-0.3, -0.25) is 14.7 Å². The Labute approximate surface area is 171 Å². The Kier molecular flexibility index (Phi) is 5.31. The summed E-state index contributed by atoms with van der Waals surface area (Å²) in [5.41, 5.74) is 2.73. The molecule has 146 valence electrons. The first-order chi connectivity index (χ1) is 14.0. The third-order valence-corrected chi connectivity index (χ3v) is 5.79. The van der Waals surface area contributed by atoms with E-state index in [1.165, 1.54) is 23.9 Å². The molecule has 2 aromatic carbocycles. The molecule has 5 nitrogen and oxygen atoms in total. The number of amides is 1. The number of anilines is 1. The fraction of sp³-hybridized carbons (Fsp3) is 0.136. The van der Waals surface area contributed by atoms with E-state index in [-0.39, 0.29) is 17.1 Å². The Morgan fingerprint density at radius 3 is 2.55 bits per heavy atom. The fourth-order valence-electron chi connectivity index (χ4n) is 3.18. The third-order valence-electron chi connectivity index (χ3n) is 4.58. The second kappa shape index (κ2) is 8.05. The van der Waals surface area contributed by atoms with E-state index in [1.807, 2.05) is 6.92 Å². The maximum atomic E-state index is 13.3. The van der Waals surface area contributed by atoms with Crippen LogP contribution in [0.3, 0.4) is 0 Å². The minimum atomic E-state index is -0.483. The highest BCUT2D eigenvalue weighted by Crippen LogP contribution is 2.42. The van der Waals surface area contributed by atoms with Crippen molar-refractivity contribution in [3.8, 4) is 5.75 Å². The molecule has 1 aliphatic heterocycles. The number of hydrogen-bond donors (Lipinski definition) is 0. The van der Waals surface area contributed by atoms with Gasteiger partial charge in [0.15, 0.2) is 0 Å². The average Bonchev–Trinajstić information content (AvgIpc) is 3.10. The van der Waals surface area contributed by atoms with Gasteiger partial charge in [0.2, 0.25) is 5.91 Å². The molecule has 2 heterocycles. The molecular weight excluding hydrogens is 391 g/mol. The lowest BCUT2D eigenvalue weighted by Crippen LogP contribution is -2.28. The standard InChI is InChI=1S/C22H17FN2O3S/c1-14-12-16(22(27)28-18-8-10-24-11-9-18)4-7-19(14)25-20(26)13-29-21(25)15-2-5-17(23)6-3-15/h2-12,21H,13H2,1H3. The van der Waals surface area contributed by atoms with Crippen molar-refractivity contribution in [3.05, 3.63) is 89.5 Å². The molecule has 3 aromatic rings. The van der Waals surface area contributed by atoms with Crippen molar-refractivity contribution in [1.29, 1.82) is 0 Å². The first kappa shape index (κ1) is 19.1. The van der Waals surface area contributed by atoms with E-state index in [4.69, 9.17) is 4.74 Å². The van der Waals surface area contributed by atoms with E-state index in [0.29, 0.717) is 17.1 Å². The van der Waals surface area contributed by atoms with Gasteiger partial charge in [-0.1, -0.05) is 12.1 Å². The Hall–Kier alpha value is -3.19. The summed E-state index contributed by atoms with van der Waals surface area (Å²) in [7, 11) is 0. The maximum Gasteiger partial charge on any atom is 0.343 e. The van der Waals surface area contributed by atoms with Crippen LogP contribution in [0.25, 0.3) is 0 Å². The van der Waals surface area contributed by atoms with Crippen LogP contribution in [0.5, 0.6) is 5.75 Å². The number of aryl methyl sites for hydroxylation is 1. The van der Waals surface area contributed by atoms with Gasteiger partial charge in [0, 0.05) is 18.1 Å². The molecule has 1 aliphatic rings. The molecule has 1 fully saturated rings. The van der Waals surface area contributed by atoms with E-state index < -0.39 is 5.97 Å². The number of carbonyl (C=O) groups is 2. The number of thioether (sulfide) groups is 1. The molecule has 4 rings (SSSR count). The van der Waals surface area contributed by atoms with E-state index in [2.05, 4.69) is 4.98 Å². The Morgan fingerprint density at radius 1 is 1.14 bits per heavy atom. The van der Waals surface area contributed by atoms with Gasteiger partial charge in [-0.15, -0.1) is 11.8 Å². The van der Waals surface area contributed by atoms with Gasteiger partial charge < -0.3 is 4.74 Å². The number of carbonyl (C=O) groups excluding carboxylic acids is 2. The highest BCUT2D eigenvalue weighted by atomic mass is 32.2. The van der Waals surface area contributed by atoms with Gasteiger partial charge in [0.1, 0.15) is 16.9 Å². The van der Waals surface area contributed by atoms with E-state index in [9.17, 15) is 14.0 Å². The molecule has 7 heteroatoms. The number of rotatable bonds is 4. The first-order valence-electron chi connectivity index (χ1n) is 8.95. The molecule has 0 N–H and O–H groups in total. The largest absolute Gasteiger partial charge is 0.423 e. The lowest BCUT2D eigenvalue weighted by molar-refractivity contribution is -0.115. The molecule has 29 heavy (non-hydrogen) atoms. The number of aromatic nitrogens is 1. The molecule has 1 aromatic heterocycles. The molecule has 0 radical (unpaired) electrons. The number of pyridine rings is 1. The predicted octanol–water partition coefficient (Wildman–Crippen LogP) is 4.53. The van der Waals surface area contributed by atoms with Crippen LogP contribution >= 0.6 is 11.8 Å². The summed E-state index contributed by atoms with van der Waals surface area (Å²) in [5.74, 6) is -0.0764. The minimum Gasteiger partial charge on any atom is -0.423 e. The first-order valence-corrected chi connectivity index (χ1v) is 10.00. The minimum absolute atomic E-state index is 0.0282. The van der Waals surface area contributed by atoms with Crippen molar-refractivity contribution < 1.29 is 18.7 Å². The topological polar surface area (TPSA) is 59.5 Å². The van der Waals surface area contributed by atoms with Crippen LogP contribution < -0.4 is 9.64 Å². The van der Waals surface area contributed by atoms with E-state index in [1.54, 1.807) is 59.8 Å². The van der Waals surface area contributed by atoms with Crippen molar-refractivity contribution in [3.63, 3.8) is 0 Å². The number of nitrogens with zero attached hydrogens (tertiary/aromatic N) is 2. The Bertz CT molecular complexity index is 1060. The lowest BCUT2D eigenvalue weighted by atomic mass is 10.1. The molecule has 0 bridgehead atoms.